The number of halogens is 2. The van der Waals surface area contributed by atoms with Crippen molar-refractivity contribution in [1.82, 2.24) is 19.2 Å². The van der Waals surface area contributed by atoms with Crippen molar-refractivity contribution in [3.05, 3.63) is 88.5 Å². The first-order chi connectivity index (χ1) is 17.7. The van der Waals surface area contributed by atoms with Gasteiger partial charge in [0.2, 0.25) is 5.56 Å². The molecule has 0 aliphatic rings. The molecule has 2 aromatic carbocycles. The Morgan fingerprint density at radius 1 is 1.16 bits per heavy atom. The van der Waals surface area contributed by atoms with E-state index in [0.717, 1.165) is 22.0 Å². The second-order valence-electron chi connectivity index (χ2n) is 8.85. The summed E-state index contributed by atoms with van der Waals surface area (Å²) in [6.45, 7) is 0.583. The number of aryl methyl sites for hydroxylation is 1. The highest BCUT2D eigenvalue weighted by Crippen LogP contribution is 2.37. The topological polar surface area (TPSA) is 93.7 Å². The SMILES string of the molecule is COc1cc2c(cc1-c1ccc(=O)n(C)c1)c(NC(C)c1cccc(C(F)(F)CO)c1)nc1ccnn12. The molecule has 0 aliphatic heterocycles. The number of benzene rings is 2. The van der Waals surface area contributed by atoms with Crippen LogP contribution in [0.5, 0.6) is 5.75 Å². The van der Waals surface area contributed by atoms with Gasteiger partial charge in [0.25, 0.3) is 5.92 Å². The normalized spacial score (nSPS) is 12.7. The van der Waals surface area contributed by atoms with Gasteiger partial charge in [-0.1, -0.05) is 18.2 Å². The van der Waals surface area contributed by atoms with E-state index in [1.54, 1.807) is 55.3 Å². The maximum Gasteiger partial charge on any atom is 0.295 e. The first-order valence-electron chi connectivity index (χ1n) is 11.6. The summed E-state index contributed by atoms with van der Waals surface area (Å²) in [6, 6.07) is 14.3. The standard InChI is InChI=1S/C27H25F2N5O3/c1-16(17-5-4-6-19(11-17)27(28,29)15-35)31-26-21-12-20(18-7-8-25(36)33(2)14-18)23(37-3)13-22(21)34-24(32-26)9-10-30-34/h4-14,16,35H,15H2,1-3H3,(H,31,32). The zero-order valence-corrected chi connectivity index (χ0v) is 20.4. The number of aliphatic hydroxyl groups is 1. The van der Waals surface area contributed by atoms with Crippen molar-refractivity contribution in [1.29, 1.82) is 0 Å². The molecule has 5 aromatic rings. The highest BCUT2D eigenvalue weighted by atomic mass is 19.3. The summed E-state index contributed by atoms with van der Waals surface area (Å²) in [7, 11) is 3.25. The molecule has 190 valence electrons. The highest BCUT2D eigenvalue weighted by Gasteiger charge is 2.31. The number of hydrogen-bond donors (Lipinski definition) is 2. The van der Waals surface area contributed by atoms with Gasteiger partial charge in [-0.3, -0.25) is 4.79 Å². The van der Waals surface area contributed by atoms with E-state index in [4.69, 9.17) is 14.8 Å². The van der Waals surface area contributed by atoms with E-state index in [1.165, 1.54) is 22.8 Å². The van der Waals surface area contributed by atoms with Gasteiger partial charge < -0.3 is 19.7 Å². The molecule has 0 aliphatic carbocycles. The summed E-state index contributed by atoms with van der Waals surface area (Å²) in [5.74, 6) is -2.21. The van der Waals surface area contributed by atoms with Crippen LogP contribution in [-0.4, -0.2) is 38.0 Å². The molecule has 0 saturated carbocycles. The van der Waals surface area contributed by atoms with Gasteiger partial charge in [0.1, 0.15) is 18.2 Å². The van der Waals surface area contributed by atoms with Crippen LogP contribution in [0.15, 0.2) is 71.8 Å². The maximum absolute atomic E-state index is 14.1. The molecular weight excluding hydrogens is 480 g/mol. The highest BCUT2D eigenvalue weighted by molar-refractivity contribution is 5.96. The molecule has 0 amide bonds. The Hall–Kier alpha value is -4.31. The maximum atomic E-state index is 14.1. The average molecular weight is 506 g/mol. The number of fused-ring (bicyclic) bond motifs is 3. The number of anilines is 1. The van der Waals surface area contributed by atoms with Crippen molar-refractivity contribution in [2.24, 2.45) is 7.05 Å². The van der Waals surface area contributed by atoms with E-state index in [1.807, 2.05) is 19.1 Å². The Bertz CT molecular complexity index is 1680. The molecule has 0 saturated heterocycles. The van der Waals surface area contributed by atoms with Gasteiger partial charge in [0.05, 0.1) is 18.8 Å². The average Bonchev–Trinajstić information content (AvgIpc) is 3.38. The number of aliphatic hydroxyl groups excluding tert-OH is 1. The largest absolute Gasteiger partial charge is 0.496 e. The van der Waals surface area contributed by atoms with Crippen LogP contribution in [0.3, 0.4) is 0 Å². The zero-order valence-electron chi connectivity index (χ0n) is 20.4. The second kappa shape index (κ2) is 9.29. The molecule has 10 heteroatoms. The van der Waals surface area contributed by atoms with E-state index < -0.39 is 18.6 Å². The van der Waals surface area contributed by atoms with E-state index in [2.05, 4.69) is 10.4 Å². The Morgan fingerprint density at radius 3 is 2.70 bits per heavy atom. The minimum atomic E-state index is -3.33. The molecule has 2 N–H and O–H groups in total. The Morgan fingerprint density at radius 2 is 1.97 bits per heavy atom. The summed E-state index contributed by atoms with van der Waals surface area (Å²) < 4.78 is 37.1. The second-order valence-corrected chi connectivity index (χ2v) is 8.85. The van der Waals surface area contributed by atoms with Crippen LogP contribution in [0.2, 0.25) is 0 Å². The zero-order chi connectivity index (χ0) is 26.3. The molecule has 5 rings (SSSR count). The smallest absolute Gasteiger partial charge is 0.295 e. The van der Waals surface area contributed by atoms with Gasteiger partial charge >= 0.3 is 0 Å². The number of ether oxygens (including phenoxy) is 1. The number of nitrogens with zero attached hydrogens (tertiary/aromatic N) is 4. The number of hydrogen-bond acceptors (Lipinski definition) is 6. The van der Waals surface area contributed by atoms with Gasteiger partial charge in [0.15, 0.2) is 5.65 Å². The van der Waals surface area contributed by atoms with Crippen LogP contribution in [-0.2, 0) is 13.0 Å². The van der Waals surface area contributed by atoms with Crippen molar-refractivity contribution in [3.8, 4) is 16.9 Å². The Balaban J connectivity index is 1.65. The van der Waals surface area contributed by atoms with Gasteiger partial charge in [-0.05, 0) is 30.7 Å². The predicted octanol–water partition coefficient (Wildman–Crippen LogP) is 4.51. The molecule has 1 unspecified atom stereocenters. The molecule has 0 radical (unpaired) electrons. The minimum absolute atomic E-state index is 0.131. The van der Waals surface area contributed by atoms with Crippen LogP contribution in [0.4, 0.5) is 14.6 Å². The van der Waals surface area contributed by atoms with E-state index in [9.17, 15) is 13.6 Å². The molecule has 0 bridgehead atoms. The number of pyridine rings is 1. The predicted molar refractivity (Wildman–Crippen MR) is 137 cm³/mol. The van der Waals surface area contributed by atoms with Gasteiger partial charge in [-0.25, -0.2) is 9.50 Å². The van der Waals surface area contributed by atoms with Gasteiger partial charge in [-0.2, -0.15) is 13.9 Å². The lowest BCUT2D eigenvalue weighted by Gasteiger charge is -2.20. The Kier molecular flexibility index (Phi) is 6.12. The number of alkyl halides is 2. The van der Waals surface area contributed by atoms with Gasteiger partial charge in [-0.15, -0.1) is 0 Å². The van der Waals surface area contributed by atoms with Crippen molar-refractivity contribution in [3.63, 3.8) is 0 Å². The van der Waals surface area contributed by atoms with E-state index in [-0.39, 0.29) is 11.1 Å². The monoisotopic (exact) mass is 505 g/mol. The first kappa shape index (κ1) is 24.4. The third kappa shape index (κ3) is 4.40. The van der Waals surface area contributed by atoms with Gasteiger partial charge in [0, 0.05) is 59.6 Å². The van der Waals surface area contributed by atoms with Crippen molar-refractivity contribution in [2.75, 3.05) is 19.0 Å². The van der Waals surface area contributed by atoms with Crippen molar-refractivity contribution < 1.29 is 18.6 Å². The Labute approximate surface area is 210 Å². The minimum Gasteiger partial charge on any atom is -0.496 e. The quantitative estimate of drug-likeness (QED) is 0.338. The van der Waals surface area contributed by atoms with Crippen LogP contribution in [0, 0.1) is 0 Å². The lowest BCUT2D eigenvalue weighted by Crippen LogP contribution is -2.19. The molecule has 3 heterocycles. The molecule has 0 fully saturated rings. The number of aromatic nitrogens is 4. The summed E-state index contributed by atoms with van der Waals surface area (Å²) in [5, 5.41) is 17.6. The van der Waals surface area contributed by atoms with Crippen molar-refractivity contribution >= 4 is 22.4 Å². The molecule has 1 atom stereocenters. The van der Waals surface area contributed by atoms with Crippen LogP contribution < -0.4 is 15.6 Å². The van der Waals surface area contributed by atoms with E-state index in [0.29, 0.717) is 22.8 Å². The van der Waals surface area contributed by atoms with Crippen LogP contribution in [0.25, 0.3) is 27.7 Å². The summed E-state index contributed by atoms with van der Waals surface area (Å²) in [4.78, 5) is 16.7. The molecule has 8 nitrogen and oxygen atoms in total. The lowest BCUT2D eigenvalue weighted by atomic mass is 10.0. The summed E-state index contributed by atoms with van der Waals surface area (Å²) in [6.07, 6.45) is 3.37. The van der Waals surface area contributed by atoms with Crippen LogP contribution in [0.1, 0.15) is 24.1 Å². The lowest BCUT2D eigenvalue weighted by molar-refractivity contribution is -0.0556. The molecule has 3 aromatic heterocycles. The fraction of sp³-hybridized carbons (Fsp3) is 0.222. The molecular formula is C27H25F2N5O3. The molecule has 0 spiro atoms. The fourth-order valence-electron chi connectivity index (χ4n) is 4.35. The van der Waals surface area contributed by atoms with Crippen molar-refractivity contribution in [2.45, 2.75) is 18.9 Å². The van der Waals surface area contributed by atoms with Crippen LogP contribution >= 0.6 is 0 Å². The summed E-state index contributed by atoms with van der Waals surface area (Å²) in [5.41, 5.74) is 3.08. The third-order valence-corrected chi connectivity index (χ3v) is 6.41. The third-order valence-electron chi connectivity index (χ3n) is 6.41. The first-order valence-corrected chi connectivity index (χ1v) is 11.6. The number of rotatable bonds is 7. The summed E-state index contributed by atoms with van der Waals surface area (Å²) >= 11 is 0. The fourth-order valence-corrected chi connectivity index (χ4v) is 4.35. The van der Waals surface area contributed by atoms with E-state index >= 15 is 0 Å². The number of methoxy groups -OCH3 is 1. The molecule has 37 heavy (non-hydrogen) atoms. The number of nitrogens with one attached hydrogen (secondary N) is 1.